The van der Waals surface area contributed by atoms with Crippen molar-refractivity contribution in [2.24, 2.45) is 11.7 Å². The molecule has 0 spiro atoms. The minimum Gasteiger partial charge on any atom is -0.376 e. The number of hydrogen-bond donors (Lipinski definition) is 2. The summed E-state index contributed by atoms with van der Waals surface area (Å²) in [6, 6.07) is 0.138. The normalized spacial score (nSPS) is 34.9. The van der Waals surface area contributed by atoms with Crippen molar-refractivity contribution in [3.63, 3.8) is 0 Å². The highest BCUT2D eigenvalue weighted by Gasteiger charge is 2.45. The first-order valence-electron chi connectivity index (χ1n) is 5.73. The highest BCUT2D eigenvalue weighted by Crippen LogP contribution is 2.38. The Labute approximate surface area is 90.5 Å². The minimum absolute atomic E-state index is 0.0210. The van der Waals surface area contributed by atoms with E-state index < -0.39 is 5.54 Å². The summed E-state index contributed by atoms with van der Waals surface area (Å²) < 4.78 is 5.40. The molecule has 1 heterocycles. The van der Waals surface area contributed by atoms with Crippen LogP contribution in [0.25, 0.3) is 0 Å². The molecule has 2 fully saturated rings. The van der Waals surface area contributed by atoms with E-state index in [1.807, 2.05) is 13.8 Å². The van der Waals surface area contributed by atoms with Gasteiger partial charge in [-0.25, -0.2) is 0 Å². The number of hydrogen-bond acceptors (Lipinski definition) is 3. The van der Waals surface area contributed by atoms with Crippen LogP contribution in [0.5, 0.6) is 0 Å². The lowest BCUT2D eigenvalue weighted by Crippen LogP contribution is -2.56. The highest BCUT2D eigenvalue weighted by atomic mass is 16.5. The van der Waals surface area contributed by atoms with Crippen LogP contribution in [0.15, 0.2) is 0 Å². The fourth-order valence-electron chi connectivity index (χ4n) is 2.11. The zero-order chi connectivity index (χ0) is 11.1. The molecule has 15 heavy (non-hydrogen) atoms. The molecule has 2 aliphatic rings. The maximum Gasteiger partial charge on any atom is 0.240 e. The average Bonchev–Trinajstić information content (AvgIpc) is 2.94. The third-order valence-electron chi connectivity index (χ3n) is 3.61. The average molecular weight is 212 g/mol. The maximum absolute atomic E-state index is 12.0. The number of nitrogens with one attached hydrogen (secondary N) is 1. The molecule has 0 aromatic carbocycles. The second-order valence-corrected chi connectivity index (χ2v) is 5.00. The fourth-order valence-corrected chi connectivity index (χ4v) is 2.11. The van der Waals surface area contributed by atoms with E-state index in [4.69, 9.17) is 10.5 Å². The van der Waals surface area contributed by atoms with Crippen LogP contribution in [0.2, 0.25) is 0 Å². The molecule has 3 atom stereocenters. The van der Waals surface area contributed by atoms with Crippen LogP contribution in [0.3, 0.4) is 0 Å². The van der Waals surface area contributed by atoms with Crippen LogP contribution in [0, 0.1) is 5.92 Å². The smallest absolute Gasteiger partial charge is 0.240 e. The van der Waals surface area contributed by atoms with E-state index in [1.54, 1.807) is 0 Å². The van der Waals surface area contributed by atoms with Crippen molar-refractivity contribution >= 4 is 5.91 Å². The van der Waals surface area contributed by atoms with Crippen LogP contribution >= 0.6 is 0 Å². The van der Waals surface area contributed by atoms with E-state index in [9.17, 15) is 4.79 Å². The van der Waals surface area contributed by atoms with Crippen molar-refractivity contribution in [2.75, 3.05) is 6.61 Å². The van der Waals surface area contributed by atoms with E-state index in [-0.39, 0.29) is 18.1 Å². The molecule has 3 unspecified atom stereocenters. The number of ether oxygens (including phenoxy) is 1. The molecule has 0 radical (unpaired) electrons. The SMILES string of the molecule is CC1OCCC1NC(=O)C(C)(N)C1CC1. The Bertz CT molecular complexity index is 261. The van der Waals surface area contributed by atoms with Gasteiger partial charge in [0.2, 0.25) is 5.91 Å². The van der Waals surface area contributed by atoms with Gasteiger partial charge in [-0.2, -0.15) is 0 Å². The quantitative estimate of drug-likeness (QED) is 0.712. The molecule has 0 aromatic rings. The van der Waals surface area contributed by atoms with Crippen LogP contribution in [0.1, 0.15) is 33.1 Å². The molecule has 4 heteroatoms. The molecule has 1 aliphatic heterocycles. The third kappa shape index (κ3) is 2.16. The second kappa shape index (κ2) is 3.76. The summed E-state index contributed by atoms with van der Waals surface area (Å²) in [4.78, 5) is 12.0. The molecule has 0 aromatic heterocycles. The topological polar surface area (TPSA) is 64.3 Å². The molecule has 2 rings (SSSR count). The number of carbonyl (C=O) groups excluding carboxylic acids is 1. The molecule has 1 saturated carbocycles. The van der Waals surface area contributed by atoms with Gasteiger partial charge in [0.15, 0.2) is 0 Å². The van der Waals surface area contributed by atoms with Gasteiger partial charge in [0.1, 0.15) is 0 Å². The van der Waals surface area contributed by atoms with Gasteiger partial charge in [0, 0.05) is 6.61 Å². The lowest BCUT2D eigenvalue weighted by Gasteiger charge is -2.26. The van der Waals surface area contributed by atoms with Crippen molar-refractivity contribution in [1.29, 1.82) is 0 Å². The number of nitrogens with two attached hydrogens (primary N) is 1. The first-order chi connectivity index (χ1) is 7.01. The second-order valence-electron chi connectivity index (χ2n) is 5.00. The lowest BCUT2D eigenvalue weighted by molar-refractivity contribution is -0.127. The predicted molar refractivity (Wildman–Crippen MR) is 57.3 cm³/mol. The molecule has 0 bridgehead atoms. The summed E-state index contributed by atoms with van der Waals surface area (Å²) in [5.41, 5.74) is 5.34. The van der Waals surface area contributed by atoms with Crippen molar-refractivity contribution in [3.8, 4) is 0 Å². The van der Waals surface area contributed by atoms with Crippen molar-refractivity contribution in [3.05, 3.63) is 0 Å². The Balaban J connectivity index is 1.90. The summed E-state index contributed by atoms with van der Waals surface area (Å²) in [5.74, 6) is 0.350. The van der Waals surface area contributed by atoms with Crippen molar-refractivity contribution in [2.45, 2.75) is 50.8 Å². The molecule has 86 valence electrons. The Kier molecular flexibility index (Phi) is 2.73. The molecular weight excluding hydrogens is 192 g/mol. The highest BCUT2D eigenvalue weighted by molar-refractivity contribution is 5.86. The zero-order valence-corrected chi connectivity index (χ0v) is 9.45. The molecule has 4 nitrogen and oxygen atoms in total. The Hall–Kier alpha value is -0.610. The van der Waals surface area contributed by atoms with E-state index in [1.165, 1.54) is 0 Å². The van der Waals surface area contributed by atoms with Gasteiger partial charge in [-0.15, -0.1) is 0 Å². The van der Waals surface area contributed by atoms with E-state index >= 15 is 0 Å². The maximum atomic E-state index is 12.0. The van der Waals surface area contributed by atoms with Crippen LogP contribution < -0.4 is 11.1 Å². The monoisotopic (exact) mass is 212 g/mol. The van der Waals surface area contributed by atoms with Crippen LogP contribution in [0.4, 0.5) is 0 Å². The summed E-state index contributed by atoms with van der Waals surface area (Å²) in [6.07, 6.45) is 3.17. The van der Waals surface area contributed by atoms with Gasteiger partial charge in [-0.3, -0.25) is 4.79 Å². The first kappa shape index (κ1) is 10.9. The van der Waals surface area contributed by atoms with E-state index in [2.05, 4.69) is 5.32 Å². The van der Waals surface area contributed by atoms with Crippen molar-refractivity contribution < 1.29 is 9.53 Å². The number of carbonyl (C=O) groups is 1. The summed E-state index contributed by atoms with van der Waals surface area (Å²) in [7, 11) is 0. The van der Waals surface area contributed by atoms with Gasteiger partial charge in [-0.05, 0) is 39.0 Å². The molecule has 3 N–H and O–H groups in total. The summed E-state index contributed by atoms with van der Waals surface area (Å²) in [5, 5.41) is 3.00. The Morgan fingerprint density at radius 2 is 2.13 bits per heavy atom. The van der Waals surface area contributed by atoms with E-state index in [0.717, 1.165) is 25.9 Å². The van der Waals surface area contributed by atoms with Gasteiger partial charge >= 0.3 is 0 Å². The Morgan fingerprint density at radius 3 is 2.60 bits per heavy atom. The number of amides is 1. The van der Waals surface area contributed by atoms with Gasteiger partial charge in [0.25, 0.3) is 0 Å². The molecule has 1 saturated heterocycles. The number of rotatable bonds is 3. The Morgan fingerprint density at radius 1 is 1.47 bits per heavy atom. The standard InChI is InChI=1S/C11H20N2O2/c1-7-9(5-6-15-7)13-10(14)11(2,12)8-3-4-8/h7-9H,3-6,12H2,1-2H3,(H,13,14). The first-order valence-corrected chi connectivity index (χ1v) is 5.73. The van der Waals surface area contributed by atoms with Gasteiger partial charge in [-0.1, -0.05) is 0 Å². The molecule has 1 amide bonds. The minimum atomic E-state index is -0.692. The fraction of sp³-hybridized carbons (Fsp3) is 0.909. The third-order valence-corrected chi connectivity index (χ3v) is 3.61. The zero-order valence-electron chi connectivity index (χ0n) is 9.45. The summed E-state index contributed by atoms with van der Waals surface area (Å²) >= 11 is 0. The van der Waals surface area contributed by atoms with Crippen LogP contribution in [-0.4, -0.2) is 30.2 Å². The van der Waals surface area contributed by atoms with Crippen LogP contribution in [-0.2, 0) is 9.53 Å². The summed E-state index contributed by atoms with van der Waals surface area (Å²) in [6.45, 7) is 4.56. The largest absolute Gasteiger partial charge is 0.376 e. The molecule has 1 aliphatic carbocycles. The van der Waals surface area contributed by atoms with Gasteiger partial charge < -0.3 is 15.8 Å². The van der Waals surface area contributed by atoms with Gasteiger partial charge in [0.05, 0.1) is 17.7 Å². The van der Waals surface area contributed by atoms with E-state index in [0.29, 0.717) is 5.92 Å². The van der Waals surface area contributed by atoms with Crippen molar-refractivity contribution in [1.82, 2.24) is 5.32 Å². The lowest BCUT2D eigenvalue weighted by atomic mass is 9.95. The molecular formula is C11H20N2O2. The predicted octanol–water partition coefficient (Wildman–Crippen LogP) is 0.407.